The van der Waals surface area contributed by atoms with Crippen molar-refractivity contribution in [1.82, 2.24) is 5.43 Å². The van der Waals surface area contributed by atoms with Crippen LogP contribution >= 0.6 is 0 Å². The molecular weight excluding hydrogens is 227 g/mol. The summed E-state index contributed by atoms with van der Waals surface area (Å²) in [6.45, 7) is 4.07. The largest absolute Gasteiger partial charge is 0.271 e. The number of hydrogen-bond acceptors (Lipinski definition) is 2. The third-order valence-electron chi connectivity index (χ3n) is 4.18. The molecule has 3 atom stereocenters. The van der Waals surface area contributed by atoms with Crippen LogP contribution in [0.3, 0.4) is 0 Å². The summed E-state index contributed by atoms with van der Waals surface area (Å²) in [4.78, 5) is 0. The molecule has 0 heterocycles. The standard InChI is InChI=1S/C15H23FN2/c1-10-4-3-5-12(8-10)15(18-17)13-7-6-11(2)14(16)9-13/h6-7,9-10,12,15,18H,3-5,8,17H2,1-2H3. The van der Waals surface area contributed by atoms with Gasteiger partial charge in [0.2, 0.25) is 0 Å². The maximum absolute atomic E-state index is 13.7. The summed E-state index contributed by atoms with van der Waals surface area (Å²) in [5.74, 6) is 6.81. The van der Waals surface area contributed by atoms with Crippen LogP contribution in [0.2, 0.25) is 0 Å². The van der Waals surface area contributed by atoms with Crippen molar-refractivity contribution in [2.24, 2.45) is 17.7 Å². The zero-order chi connectivity index (χ0) is 13.1. The maximum atomic E-state index is 13.7. The lowest BCUT2D eigenvalue weighted by Crippen LogP contribution is -2.35. The number of aryl methyl sites for hydroxylation is 1. The Morgan fingerprint density at radius 2 is 2.17 bits per heavy atom. The third kappa shape index (κ3) is 2.90. The molecule has 1 aliphatic carbocycles. The van der Waals surface area contributed by atoms with Gasteiger partial charge in [-0.3, -0.25) is 11.3 Å². The maximum Gasteiger partial charge on any atom is 0.126 e. The van der Waals surface area contributed by atoms with Crippen molar-refractivity contribution in [3.8, 4) is 0 Å². The van der Waals surface area contributed by atoms with Crippen LogP contribution in [0.15, 0.2) is 18.2 Å². The molecule has 1 aromatic rings. The molecule has 2 nitrogen and oxygen atoms in total. The molecule has 1 aromatic carbocycles. The van der Waals surface area contributed by atoms with Crippen molar-refractivity contribution in [1.29, 1.82) is 0 Å². The number of hydrogen-bond donors (Lipinski definition) is 2. The number of rotatable bonds is 3. The predicted molar refractivity (Wildman–Crippen MR) is 72.3 cm³/mol. The highest BCUT2D eigenvalue weighted by atomic mass is 19.1. The summed E-state index contributed by atoms with van der Waals surface area (Å²) >= 11 is 0. The molecule has 1 aliphatic rings. The molecule has 18 heavy (non-hydrogen) atoms. The van der Waals surface area contributed by atoms with E-state index >= 15 is 0 Å². The van der Waals surface area contributed by atoms with E-state index in [9.17, 15) is 4.39 Å². The first kappa shape index (κ1) is 13.5. The van der Waals surface area contributed by atoms with Crippen LogP contribution in [0, 0.1) is 24.6 Å². The predicted octanol–water partition coefficient (Wildman–Crippen LogP) is 3.46. The minimum absolute atomic E-state index is 0.0721. The van der Waals surface area contributed by atoms with Crippen molar-refractivity contribution in [3.05, 3.63) is 35.1 Å². The molecule has 0 amide bonds. The van der Waals surface area contributed by atoms with Gasteiger partial charge in [-0.15, -0.1) is 0 Å². The summed E-state index contributed by atoms with van der Waals surface area (Å²) in [6, 6.07) is 5.52. The summed E-state index contributed by atoms with van der Waals surface area (Å²) in [5.41, 5.74) is 4.55. The zero-order valence-electron chi connectivity index (χ0n) is 11.2. The van der Waals surface area contributed by atoms with E-state index in [-0.39, 0.29) is 11.9 Å². The van der Waals surface area contributed by atoms with Crippen LogP contribution in [0.5, 0.6) is 0 Å². The van der Waals surface area contributed by atoms with Crippen molar-refractivity contribution in [2.45, 2.75) is 45.6 Å². The molecule has 0 spiro atoms. The van der Waals surface area contributed by atoms with E-state index in [4.69, 9.17) is 5.84 Å². The fourth-order valence-electron chi connectivity index (χ4n) is 3.09. The molecule has 0 bridgehead atoms. The molecule has 1 fully saturated rings. The average molecular weight is 250 g/mol. The summed E-state index contributed by atoms with van der Waals surface area (Å²) < 4.78 is 13.7. The highest BCUT2D eigenvalue weighted by Gasteiger charge is 2.27. The van der Waals surface area contributed by atoms with E-state index in [1.54, 1.807) is 13.0 Å². The molecule has 3 N–H and O–H groups in total. The number of hydrazine groups is 1. The molecule has 2 rings (SSSR count). The van der Waals surface area contributed by atoms with E-state index in [0.717, 1.165) is 11.5 Å². The molecule has 3 unspecified atom stereocenters. The second kappa shape index (κ2) is 5.81. The van der Waals surface area contributed by atoms with Gasteiger partial charge < -0.3 is 0 Å². The Morgan fingerprint density at radius 3 is 2.78 bits per heavy atom. The van der Waals surface area contributed by atoms with Crippen LogP contribution in [0.25, 0.3) is 0 Å². The molecular formula is C15H23FN2. The van der Waals surface area contributed by atoms with E-state index < -0.39 is 0 Å². The van der Waals surface area contributed by atoms with Gasteiger partial charge >= 0.3 is 0 Å². The lowest BCUT2D eigenvalue weighted by molar-refractivity contribution is 0.224. The number of benzene rings is 1. The minimum Gasteiger partial charge on any atom is -0.271 e. The smallest absolute Gasteiger partial charge is 0.126 e. The Labute approximate surface area is 109 Å². The van der Waals surface area contributed by atoms with E-state index in [2.05, 4.69) is 12.3 Å². The Hall–Kier alpha value is -0.930. The fourth-order valence-corrected chi connectivity index (χ4v) is 3.09. The van der Waals surface area contributed by atoms with Crippen LogP contribution < -0.4 is 11.3 Å². The molecule has 3 heteroatoms. The highest BCUT2D eigenvalue weighted by molar-refractivity contribution is 5.26. The second-order valence-corrected chi connectivity index (χ2v) is 5.68. The molecule has 0 aliphatic heterocycles. The lowest BCUT2D eigenvalue weighted by Gasteiger charge is -2.33. The first-order chi connectivity index (χ1) is 8.61. The number of nitrogens with two attached hydrogens (primary N) is 1. The van der Waals surface area contributed by atoms with Gasteiger partial charge in [0, 0.05) is 6.04 Å². The number of halogens is 1. The monoisotopic (exact) mass is 250 g/mol. The minimum atomic E-state index is -0.142. The Kier molecular flexibility index (Phi) is 4.36. The van der Waals surface area contributed by atoms with E-state index in [1.807, 2.05) is 12.1 Å². The molecule has 0 radical (unpaired) electrons. The quantitative estimate of drug-likeness (QED) is 0.637. The van der Waals surface area contributed by atoms with Crippen LogP contribution in [0.4, 0.5) is 4.39 Å². The van der Waals surface area contributed by atoms with Gasteiger partial charge in [0.15, 0.2) is 0 Å². The highest BCUT2D eigenvalue weighted by Crippen LogP contribution is 2.36. The van der Waals surface area contributed by atoms with Gasteiger partial charge in [-0.2, -0.15) is 0 Å². The van der Waals surface area contributed by atoms with Crippen molar-refractivity contribution in [3.63, 3.8) is 0 Å². The van der Waals surface area contributed by atoms with Gasteiger partial charge in [-0.1, -0.05) is 31.9 Å². The fraction of sp³-hybridized carbons (Fsp3) is 0.600. The van der Waals surface area contributed by atoms with E-state index in [0.29, 0.717) is 11.5 Å². The van der Waals surface area contributed by atoms with Gasteiger partial charge in [-0.05, 0) is 48.8 Å². The molecule has 0 saturated heterocycles. The van der Waals surface area contributed by atoms with Crippen LogP contribution in [-0.2, 0) is 0 Å². The Bertz CT molecular complexity index is 405. The Balaban J connectivity index is 2.18. The first-order valence-corrected chi connectivity index (χ1v) is 6.84. The summed E-state index contributed by atoms with van der Waals surface area (Å²) in [5, 5.41) is 0. The van der Waals surface area contributed by atoms with E-state index in [1.165, 1.54) is 25.7 Å². The second-order valence-electron chi connectivity index (χ2n) is 5.68. The SMILES string of the molecule is Cc1ccc(C(NN)C2CCCC(C)C2)cc1F. The van der Waals surface area contributed by atoms with Gasteiger partial charge in [0.25, 0.3) is 0 Å². The molecule has 100 valence electrons. The van der Waals surface area contributed by atoms with Gasteiger partial charge in [0.1, 0.15) is 5.82 Å². The normalized spacial score (nSPS) is 26.0. The van der Waals surface area contributed by atoms with Crippen molar-refractivity contribution >= 4 is 0 Å². The topological polar surface area (TPSA) is 38.0 Å². The van der Waals surface area contributed by atoms with Crippen LogP contribution in [-0.4, -0.2) is 0 Å². The average Bonchev–Trinajstić information content (AvgIpc) is 2.35. The summed E-state index contributed by atoms with van der Waals surface area (Å²) in [6.07, 6.45) is 4.90. The van der Waals surface area contributed by atoms with Gasteiger partial charge in [-0.25, -0.2) is 4.39 Å². The Morgan fingerprint density at radius 1 is 1.39 bits per heavy atom. The number of nitrogens with one attached hydrogen (secondary N) is 1. The first-order valence-electron chi connectivity index (χ1n) is 6.84. The van der Waals surface area contributed by atoms with Crippen molar-refractivity contribution in [2.75, 3.05) is 0 Å². The molecule has 0 aromatic heterocycles. The van der Waals surface area contributed by atoms with Gasteiger partial charge in [0.05, 0.1) is 0 Å². The third-order valence-corrected chi connectivity index (χ3v) is 4.18. The van der Waals surface area contributed by atoms with Crippen LogP contribution in [0.1, 0.15) is 49.8 Å². The van der Waals surface area contributed by atoms with Crippen molar-refractivity contribution < 1.29 is 4.39 Å². The summed E-state index contributed by atoms with van der Waals surface area (Å²) in [7, 11) is 0. The lowest BCUT2D eigenvalue weighted by atomic mass is 9.77. The zero-order valence-corrected chi connectivity index (χ0v) is 11.2. The molecule has 1 saturated carbocycles.